The predicted molar refractivity (Wildman–Crippen MR) is 96.5 cm³/mol. The van der Waals surface area contributed by atoms with Crippen LogP contribution in [0.3, 0.4) is 0 Å². The van der Waals surface area contributed by atoms with E-state index in [0.717, 1.165) is 29.5 Å². The van der Waals surface area contributed by atoms with Crippen LogP contribution in [-0.2, 0) is 24.2 Å². The Bertz CT molecular complexity index is 809. The average Bonchev–Trinajstić information content (AvgIpc) is 2.84. The Kier molecular flexibility index (Phi) is 5.01. The Morgan fingerprint density at radius 1 is 1.38 bits per heavy atom. The van der Waals surface area contributed by atoms with E-state index in [1.165, 1.54) is 16.9 Å². The number of carbonyl (C=O) groups excluding carboxylic acids is 1. The lowest BCUT2D eigenvalue weighted by atomic mass is 9.97. The molecule has 2 aromatic heterocycles. The number of aryl methyl sites for hydroxylation is 2. The molecule has 130 valence electrons. The maximum absolute atomic E-state index is 12.5. The standard InChI is InChI=1S/C17H24N4O2S/c1-10(2)18-14(22)9-21(3)8-13-19-16(23)15-11-6-4-5-7-12(11)24-17(15)20-13/h10H,4-9H2,1-3H3,(H,18,22)(H,19,20,23). The van der Waals surface area contributed by atoms with E-state index in [9.17, 15) is 9.59 Å². The van der Waals surface area contributed by atoms with Crippen LogP contribution in [0.1, 0.15) is 43.0 Å². The quantitative estimate of drug-likeness (QED) is 0.864. The number of hydrogen-bond donors (Lipinski definition) is 2. The Balaban J connectivity index is 1.78. The fourth-order valence-electron chi connectivity index (χ4n) is 3.21. The highest BCUT2D eigenvalue weighted by molar-refractivity contribution is 7.18. The first kappa shape index (κ1) is 17.1. The van der Waals surface area contributed by atoms with Crippen molar-refractivity contribution in [1.29, 1.82) is 0 Å². The van der Waals surface area contributed by atoms with Crippen molar-refractivity contribution in [3.8, 4) is 0 Å². The van der Waals surface area contributed by atoms with Crippen LogP contribution >= 0.6 is 11.3 Å². The Morgan fingerprint density at radius 3 is 2.88 bits per heavy atom. The molecule has 1 amide bonds. The number of aromatic amines is 1. The summed E-state index contributed by atoms with van der Waals surface area (Å²) in [4.78, 5) is 35.9. The van der Waals surface area contributed by atoms with Crippen molar-refractivity contribution in [1.82, 2.24) is 20.2 Å². The number of fused-ring (bicyclic) bond motifs is 3. The van der Waals surface area contributed by atoms with Crippen molar-refractivity contribution in [2.24, 2.45) is 0 Å². The summed E-state index contributed by atoms with van der Waals surface area (Å²) in [5.74, 6) is 0.591. The lowest BCUT2D eigenvalue weighted by Gasteiger charge is -2.16. The van der Waals surface area contributed by atoms with Gasteiger partial charge < -0.3 is 10.3 Å². The minimum Gasteiger partial charge on any atom is -0.353 e. The van der Waals surface area contributed by atoms with Gasteiger partial charge in [-0.3, -0.25) is 14.5 Å². The van der Waals surface area contributed by atoms with Crippen molar-refractivity contribution in [3.63, 3.8) is 0 Å². The summed E-state index contributed by atoms with van der Waals surface area (Å²) >= 11 is 1.65. The van der Waals surface area contributed by atoms with Crippen molar-refractivity contribution < 1.29 is 4.79 Å². The van der Waals surface area contributed by atoms with Crippen LogP contribution in [0.25, 0.3) is 10.2 Å². The van der Waals surface area contributed by atoms with E-state index in [2.05, 4.69) is 15.3 Å². The third-order valence-corrected chi connectivity index (χ3v) is 5.34. The van der Waals surface area contributed by atoms with Crippen LogP contribution in [0, 0.1) is 0 Å². The zero-order valence-electron chi connectivity index (χ0n) is 14.4. The lowest BCUT2D eigenvalue weighted by molar-refractivity contribution is -0.122. The van der Waals surface area contributed by atoms with Gasteiger partial charge in [0.25, 0.3) is 5.56 Å². The van der Waals surface area contributed by atoms with Crippen LogP contribution in [-0.4, -0.2) is 40.4 Å². The molecule has 7 heteroatoms. The first-order valence-corrected chi connectivity index (χ1v) is 9.27. The normalized spacial score (nSPS) is 14.4. The summed E-state index contributed by atoms with van der Waals surface area (Å²) in [7, 11) is 1.85. The molecule has 3 rings (SSSR count). The molecule has 24 heavy (non-hydrogen) atoms. The molecule has 6 nitrogen and oxygen atoms in total. The minimum absolute atomic E-state index is 0.0255. The Morgan fingerprint density at radius 2 is 2.12 bits per heavy atom. The smallest absolute Gasteiger partial charge is 0.259 e. The molecule has 1 aliphatic carbocycles. The number of hydrogen-bond acceptors (Lipinski definition) is 5. The fraction of sp³-hybridized carbons (Fsp3) is 0.588. The van der Waals surface area contributed by atoms with Gasteiger partial charge in [-0.15, -0.1) is 11.3 Å². The summed E-state index contributed by atoms with van der Waals surface area (Å²) in [6, 6.07) is 0.123. The summed E-state index contributed by atoms with van der Waals surface area (Å²) in [6.45, 7) is 4.59. The molecule has 0 saturated carbocycles. The molecule has 0 spiro atoms. The van der Waals surface area contributed by atoms with Gasteiger partial charge in [0.2, 0.25) is 5.91 Å². The maximum Gasteiger partial charge on any atom is 0.259 e. The largest absolute Gasteiger partial charge is 0.353 e. The van der Waals surface area contributed by atoms with Crippen LogP contribution in [0.2, 0.25) is 0 Å². The Labute approximate surface area is 145 Å². The average molecular weight is 348 g/mol. The van der Waals surface area contributed by atoms with E-state index in [1.54, 1.807) is 11.3 Å². The molecule has 0 radical (unpaired) electrons. The number of amides is 1. The molecule has 0 bridgehead atoms. The van der Waals surface area contributed by atoms with Crippen molar-refractivity contribution in [2.45, 2.75) is 52.1 Å². The molecule has 0 atom stereocenters. The number of aromatic nitrogens is 2. The number of carbonyl (C=O) groups is 1. The van der Waals surface area contributed by atoms with Gasteiger partial charge in [-0.05, 0) is 52.1 Å². The van der Waals surface area contributed by atoms with E-state index in [1.807, 2.05) is 25.8 Å². The third kappa shape index (κ3) is 3.67. The molecule has 0 aromatic carbocycles. The van der Waals surface area contributed by atoms with Crippen molar-refractivity contribution in [2.75, 3.05) is 13.6 Å². The number of nitrogens with one attached hydrogen (secondary N) is 2. The van der Waals surface area contributed by atoms with Gasteiger partial charge in [-0.25, -0.2) is 4.98 Å². The highest BCUT2D eigenvalue weighted by Gasteiger charge is 2.20. The van der Waals surface area contributed by atoms with Crippen molar-refractivity contribution in [3.05, 3.63) is 26.6 Å². The van der Waals surface area contributed by atoms with Crippen LogP contribution < -0.4 is 10.9 Å². The monoisotopic (exact) mass is 348 g/mol. The number of rotatable bonds is 5. The molecule has 1 aliphatic rings. The van der Waals surface area contributed by atoms with Crippen LogP contribution in [0.4, 0.5) is 0 Å². The maximum atomic E-state index is 12.5. The molecule has 0 aliphatic heterocycles. The first-order chi connectivity index (χ1) is 11.4. The molecule has 0 unspecified atom stereocenters. The summed E-state index contributed by atoms with van der Waals surface area (Å²) in [6.07, 6.45) is 4.38. The zero-order chi connectivity index (χ0) is 17.3. The summed E-state index contributed by atoms with van der Waals surface area (Å²) in [5, 5.41) is 3.64. The number of nitrogens with zero attached hydrogens (tertiary/aromatic N) is 2. The van der Waals surface area contributed by atoms with Gasteiger partial charge >= 0.3 is 0 Å². The summed E-state index contributed by atoms with van der Waals surface area (Å²) < 4.78 is 0. The number of thiophene rings is 1. The lowest BCUT2D eigenvalue weighted by Crippen LogP contribution is -2.38. The highest BCUT2D eigenvalue weighted by Crippen LogP contribution is 2.33. The molecular weight excluding hydrogens is 324 g/mol. The topological polar surface area (TPSA) is 78.1 Å². The van der Waals surface area contributed by atoms with E-state index >= 15 is 0 Å². The molecule has 2 aromatic rings. The van der Waals surface area contributed by atoms with Gasteiger partial charge in [0.15, 0.2) is 0 Å². The minimum atomic E-state index is -0.0468. The van der Waals surface area contributed by atoms with E-state index in [4.69, 9.17) is 0 Å². The first-order valence-electron chi connectivity index (χ1n) is 8.45. The zero-order valence-corrected chi connectivity index (χ0v) is 15.3. The Hall–Kier alpha value is -1.73. The molecule has 2 N–H and O–H groups in total. The number of H-pyrrole nitrogens is 1. The third-order valence-electron chi connectivity index (χ3n) is 4.16. The fourth-order valence-corrected chi connectivity index (χ4v) is 4.49. The number of likely N-dealkylation sites (N-methyl/N-ethyl adjacent to an activating group) is 1. The van der Waals surface area contributed by atoms with E-state index in [-0.39, 0.29) is 24.1 Å². The molecule has 0 fully saturated rings. The second kappa shape index (κ2) is 7.03. The molecule has 2 heterocycles. The van der Waals surface area contributed by atoms with E-state index < -0.39 is 0 Å². The van der Waals surface area contributed by atoms with Gasteiger partial charge in [0, 0.05) is 10.9 Å². The second-order valence-corrected chi connectivity index (χ2v) is 7.88. The molecule has 0 saturated heterocycles. The van der Waals surface area contributed by atoms with Crippen LogP contribution in [0.15, 0.2) is 4.79 Å². The van der Waals surface area contributed by atoms with Gasteiger partial charge in [-0.1, -0.05) is 0 Å². The second-order valence-electron chi connectivity index (χ2n) is 6.80. The van der Waals surface area contributed by atoms with Gasteiger partial charge in [0.05, 0.1) is 18.5 Å². The van der Waals surface area contributed by atoms with E-state index in [0.29, 0.717) is 12.4 Å². The van der Waals surface area contributed by atoms with Crippen molar-refractivity contribution >= 4 is 27.5 Å². The van der Waals surface area contributed by atoms with Gasteiger partial charge in [0.1, 0.15) is 10.7 Å². The SMILES string of the molecule is CC(C)NC(=O)CN(C)Cc1nc2sc3c(c2c(=O)[nH]1)CCCC3. The van der Waals surface area contributed by atoms with Crippen LogP contribution in [0.5, 0.6) is 0 Å². The molecular formula is C17H24N4O2S. The predicted octanol–water partition coefficient (Wildman–Crippen LogP) is 1.82. The van der Waals surface area contributed by atoms with Gasteiger partial charge in [-0.2, -0.15) is 0 Å². The highest BCUT2D eigenvalue weighted by atomic mass is 32.1. The summed E-state index contributed by atoms with van der Waals surface area (Å²) in [5.41, 5.74) is 1.15.